The third kappa shape index (κ3) is 3.40. The number of hydrogen-bond acceptors (Lipinski definition) is 1. The average molecular weight is 518 g/mol. The zero-order valence-electron chi connectivity index (χ0n) is 12.5. The monoisotopic (exact) mass is 518 g/mol. The molecule has 0 unspecified atom stereocenters. The Kier molecular flexibility index (Phi) is 7.52. The van der Waals surface area contributed by atoms with Gasteiger partial charge in [0.05, 0.1) is 0 Å². The summed E-state index contributed by atoms with van der Waals surface area (Å²) >= 11 is -2.15. The second-order valence-corrected chi connectivity index (χ2v) is 31.7. The van der Waals surface area contributed by atoms with Gasteiger partial charge >= 0.3 is 129 Å². The molecule has 2 nitrogen and oxygen atoms in total. The van der Waals surface area contributed by atoms with Crippen molar-refractivity contribution in [3.63, 3.8) is 0 Å². The number of carbonyl (C=O) groups is 1. The third-order valence-corrected chi connectivity index (χ3v) is 28.8. The maximum atomic E-state index is 11.1. The first-order valence-electron chi connectivity index (χ1n) is 6.99. The van der Waals surface area contributed by atoms with E-state index < -0.39 is 26.9 Å². The first-order valence-corrected chi connectivity index (χ1v) is 20.0. The van der Waals surface area contributed by atoms with Crippen LogP contribution in [0.15, 0.2) is 48.5 Å². The molecule has 1 aliphatic rings. The third-order valence-electron chi connectivity index (χ3n) is 3.99. The first-order chi connectivity index (χ1) is 9.74. The Bertz CT molecular complexity index is 608. The van der Waals surface area contributed by atoms with Crippen LogP contribution in [0.2, 0.25) is 13.1 Å². The van der Waals surface area contributed by atoms with Crippen molar-refractivity contribution >= 4 is 12.4 Å². The summed E-state index contributed by atoms with van der Waals surface area (Å²) in [5.41, 5.74) is 5.65. The van der Waals surface area contributed by atoms with Gasteiger partial charge < -0.3 is 24.8 Å². The Morgan fingerprint density at radius 2 is 1.41 bits per heavy atom. The molecule has 0 saturated carbocycles. The minimum atomic E-state index is -2.15. The molecule has 1 aliphatic carbocycles. The van der Waals surface area contributed by atoms with Crippen molar-refractivity contribution in [3.8, 4) is 11.1 Å². The van der Waals surface area contributed by atoms with Gasteiger partial charge in [0.15, 0.2) is 0 Å². The Morgan fingerprint density at radius 1 is 0.955 bits per heavy atom. The average Bonchev–Trinajstić information content (AvgIpc) is 2.79. The number of hydrogen-bond donors (Lipinski definition) is 1. The van der Waals surface area contributed by atoms with Gasteiger partial charge in [0.2, 0.25) is 0 Å². The molecule has 3 rings (SSSR count). The van der Waals surface area contributed by atoms with Crippen LogP contribution in [-0.4, -0.2) is 12.4 Å². The van der Waals surface area contributed by atoms with Crippen LogP contribution in [0.3, 0.4) is 0 Å². The molecule has 2 aromatic carbocycles. The number of halogens is 2. The Labute approximate surface area is 153 Å². The molecule has 0 radical (unpaired) electrons. The van der Waals surface area contributed by atoms with E-state index in [0.717, 1.165) is 6.41 Å². The van der Waals surface area contributed by atoms with E-state index in [0.29, 0.717) is 3.67 Å². The van der Waals surface area contributed by atoms with Crippen molar-refractivity contribution in [2.45, 2.75) is 16.8 Å². The van der Waals surface area contributed by atoms with Crippen molar-refractivity contribution in [1.29, 1.82) is 0 Å². The van der Waals surface area contributed by atoms with E-state index in [1.165, 1.54) is 22.3 Å². The number of fused-ring (bicyclic) bond motifs is 3. The number of carbonyl (C=O) groups excluding carboxylic acids is 1. The number of nitrogens with one attached hydrogen (secondary N) is 1. The number of benzene rings is 2. The first kappa shape index (κ1) is 19.6. The molecule has 1 amide bonds. The molecule has 22 heavy (non-hydrogen) atoms. The molecule has 0 saturated heterocycles. The molecular formula is C16H18Cl2HfNOSi. The van der Waals surface area contributed by atoms with E-state index in [9.17, 15) is 4.79 Å². The Hall–Kier alpha value is -0.423. The quantitative estimate of drug-likeness (QED) is 0.341. The summed E-state index contributed by atoms with van der Waals surface area (Å²) in [5, 5.41) is 0. The van der Waals surface area contributed by atoms with E-state index in [4.69, 9.17) is 0 Å². The molecule has 0 heterocycles. The van der Waals surface area contributed by atoms with Crippen molar-refractivity contribution in [1.82, 2.24) is 3.30 Å². The number of rotatable bonds is 4. The van der Waals surface area contributed by atoms with Gasteiger partial charge in [-0.2, -0.15) is 0 Å². The second-order valence-electron chi connectivity index (χ2n) is 5.48. The van der Waals surface area contributed by atoms with Crippen molar-refractivity contribution < 1.29 is 50.5 Å². The van der Waals surface area contributed by atoms with E-state index in [-0.39, 0.29) is 24.8 Å². The van der Waals surface area contributed by atoms with Gasteiger partial charge in [0, 0.05) is 0 Å². The smallest absolute Gasteiger partial charge is 1.00 e. The zero-order chi connectivity index (χ0) is 14.1. The fourth-order valence-electron chi connectivity index (χ4n) is 3.14. The molecule has 0 aromatic heterocycles. The van der Waals surface area contributed by atoms with Gasteiger partial charge in [-0.15, -0.1) is 0 Å². The Balaban J connectivity index is 0.00000121. The normalized spacial score (nSPS) is 11.8. The second kappa shape index (κ2) is 8.43. The van der Waals surface area contributed by atoms with Crippen LogP contribution in [-0.2, 0) is 25.7 Å². The largest absolute Gasteiger partial charge is 1.00 e. The molecule has 6 heteroatoms. The summed E-state index contributed by atoms with van der Waals surface area (Å²) < 4.78 is 3.82. The molecule has 0 aliphatic heterocycles. The van der Waals surface area contributed by atoms with Gasteiger partial charge in [-0.1, -0.05) is 0 Å². The molecule has 0 atom stereocenters. The predicted molar refractivity (Wildman–Crippen MR) is 81.8 cm³/mol. The molecule has 115 valence electrons. The molecule has 0 spiro atoms. The molecule has 0 bridgehead atoms. The van der Waals surface area contributed by atoms with E-state index in [1.807, 2.05) is 0 Å². The molecule has 2 aromatic rings. The summed E-state index contributed by atoms with van der Waals surface area (Å²) in [5.74, 6) is -0.803. The van der Waals surface area contributed by atoms with Gasteiger partial charge in [-0.3, -0.25) is 0 Å². The maximum absolute atomic E-state index is 11.1. The summed E-state index contributed by atoms with van der Waals surface area (Å²) in [7, 11) is 0. The van der Waals surface area contributed by atoms with Crippen molar-refractivity contribution in [2.24, 2.45) is 0 Å². The van der Waals surface area contributed by atoms with E-state index in [1.54, 1.807) is 0 Å². The minimum absolute atomic E-state index is 0. The van der Waals surface area contributed by atoms with Crippen LogP contribution in [0, 0.1) is 0 Å². The fraction of sp³-hybridized carbons (Fsp3) is 0.188. The number of amides is 1. The summed E-state index contributed by atoms with van der Waals surface area (Å²) in [4.78, 5) is 11.1. The van der Waals surface area contributed by atoms with Gasteiger partial charge in [0.25, 0.3) is 0 Å². The Morgan fingerprint density at radius 3 is 1.82 bits per heavy atom. The van der Waals surface area contributed by atoms with E-state index in [2.05, 4.69) is 64.9 Å². The maximum Gasteiger partial charge on any atom is -1.00 e. The van der Waals surface area contributed by atoms with Crippen molar-refractivity contribution in [3.05, 3.63) is 59.7 Å². The van der Waals surface area contributed by atoms with Crippen LogP contribution in [0.4, 0.5) is 0 Å². The van der Waals surface area contributed by atoms with Crippen LogP contribution in [0.25, 0.3) is 11.1 Å². The van der Waals surface area contributed by atoms with Gasteiger partial charge in [-0.25, -0.2) is 0 Å². The van der Waals surface area contributed by atoms with Crippen LogP contribution >= 0.6 is 0 Å². The van der Waals surface area contributed by atoms with Crippen LogP contribution in [0.1, 0.15) is 14.8 Å². The molecule has 0 fully saturated rings. The summed E-state index contributed by atoms with van der Waals surface area (Å²) in [6.07, 6.45) is 0.957. The zero-order valence-corrected chi connectivity index (χ0v) is 18.8. The minimum Gasteiger partial charge on any atom is -1.00 e. The van der Waals surface area contributed by atoms with Crippen LogP contribution < -0.4 is 28.1 Å². The fourth-order valence-corrected chi connectivity index (χ4v) is 23.7. The molecule has 1 N–H and O–H groups in total. The summed E-state index contributed by atoms with van der Waals surface area (Å²) in [6, 6.07) is 17.4. The molecular weight excluding hydrogens is 500 g/mol. The van der Waals surface area contributed by atoms with Crippen LogP contribution in [0.5, 0.6) is 0 Å². The SMILES string of the molecule is C[SiH](C)[Hf+2]([NH]C=O)[CH]1c2ccccc2-c2ccccc21.[Cl-].[Cl-]. The summed E-state index contributed by atoms with van der Waals surface area (Å²) in [6.45, 7) is 4.78. The standard InChI is InChI=1S/C13H9.C2H7Si.CH3NO.2ClH.Hf/c1-3-7-12-10(5-1)9-11-6-2-4-8-13(11)12;1-3-2;2-1-3;;;/h1-9H;3H,1-2H3;1H,(H2,2,3);2*1H;/q;;;;;+3/p-3. The topological polar surface area (TPSA) is 29.1 Å². The van der Waals surface area contributed by atoms with Gasteiger partial charge in [-0.05, 0) is 0 Å². The predicted octanol–water partition coefficient (Wildman–Crippen LogP) is -2.97. The van der Waals surface area contributed by atoms with Gasteiger partial charge in [0.1, 0.15) is 0 Å². The van der Waals surface area contributed by atoms with Crippen molar-refractivity contribution in [2.75, 3.05) is 0 Å². The van der Waals surface area contributed by atoms with E-state index >= 15 is 0 Å².